The second-order valence-corrected chi connectivity index (χ2v) is 7.08. The number of hydrogen-bond donors (Lipinski definition) is 1. The lowest BCUT2D eigenvalue weighted by Crippen LogP contribution is -2.16. The molecule has 5 aromatic rings. The smallest absolute Gasteiger partial charge is 0.273 e. The van der Waals surface area contributed by atoms with Crippen molar-refractivity contribution in [3.05, 3.63) is 83.9 Å². The number of benzene rings is 2. The molecule has 29 heavy (non-hydrogen) atoms. The van der Waals surface area contributed by atoms with E-state index in [0.717, 1.165) is 27.8 Å². The first-order chi connectivity index (χ1) is 14.1. The van der Waals surface area contributed by atoms with Crippen LogP contribution in [0.5, 0.6) is 0 Å². The molecule has 3 heterocycles. The van der Waals surface area contributed by atoms with E-state index in [1.807, 2.05) is 72.3 Å². The van der Waals surface area contributed by atoms with E-state index in [0.29, 0.717) is 16.4 Å². The zero-order chi connectivity index (χ0) is 20.0. The van der Waals surface area contributed by atoms with Gasteiger partial charge in [-0.25, -0.2) is 9.97 Å². The fraction of sp³-hybridized carbons (Fsp3) is 0.0455. The Balaban J connectivity index is 1.44. The van der Waals surface area contributed by atoms with Crippen LogP contribution in [-0.2, 0) is 7.05 Å². The summed E-state index contributed by atoms with van der Waals surface area (Å²) in [4.78, 5) is 21.7. The number of carbonyl (C=O) groups is 1. The van der Waals surface area contributed by atoms with E-state index < -0.39 is 0 Å². The molecule has 0 unspecified atom stereocenters. The van der Waals surface area contributed by atoms with Crippen LogP contribution in [0.3, 0.4) is 0 Å². The van der Waals surface area contributed by atoms with Gasteiger partial charge in [0, 0.05) is 18.0 Å². The van der Waals surface area contributed by atoms with Crippen molar-refractivity contribution in [3.63, 3.8) is 0 Å². The maximum Gasteiger partial charge on any atom is 0.273 e. The number of aromatic nitrogens is 4. The summed E-state index contributed by atoms with van der Waals surface area (Å²) < 4.78 is 3.70. The molecule has 0 radical (unpaired) electrons. The van der Waals surface area contributed by atoms with Gasteiger partial charge < -0.3 is 9.88 Å². The topological polar surface area (TPSA) is 64.7 Å². The molecule has 0 saturated heterocycles. The Kier molecular flexibility index (Phi) is 4.07. The number of nitrogens with zero attached hydrogens (tertiary/aromatic N) is 4. The highest BCUT2D eigenvalue weighted by Crippen LogP contribution is 2.30. The predicted molar refractivity (Wildman–Crippen MR) is 115 cm³/mol. The number of carbonyl (C=O) groups excluding carboxylic acids is 1. The standard InChI is InChI=1S/C22H16ClN5O/c1-27-17-8-4-2-6-15(17)20(23)21(27)22(29)26-14-10-11-19(24-12-14)28-13-25-16-7-3-5-9-18(16)28/h2-13H,1H3,(H,26,29). The first-order valence-corrected chi connectivity index (χ1v) is 9.44. The molecule has 6 nitrogen and oxygen atoms in total. The van der Waals surface area contributed by atoms with Crippen molar-refractivity contribution in [1.82, 2.24) is 19.1 Å². The minimum atomic E-state index is -0.281. The van der Waals surface area contributed by atoms with Gasteiger partial charge in [-0.15, -0.1) is 0 Å². The second kappa shape index (κ2) is 6.76. The monoisotopic (exact) mass is 401 g/mol. The third kappa shape index (κ3) is 2.85. The number of imidazole rings is 1. The number of hydrogen-bond acceptors (Lipinski definition) is 3. The van der Waals surface area contributed by atoms with Gasteiger partial charge in [0.1, 0.15) is 17.8 Å². The molecule has 2 aromatic carbocycles. The first kappa shape index (κ1) is 17.5. The van der Waals surface area contributed by atoms with Crippen LogP contribution in [0.1, 0.15) is 10.5 Å². The number of pyridine rings is 1. The number of fused-ring (bicyclic) bond motifs is 2. The van der Waals surface area contributed by atoms with E-state index in [4.69, 9.17) is 11.6 Å². The second-order valence-electron chi connectivity index (χ2n) is 6.70. The van der Waals surface area contributed by atoms with Crippen LogP contribution in [0.2, 0.25) is 5.02 Å². The molecule has 0 fully saturated rings. The van der Waals surface area contributed by atoms with Crippen LogP contribution in [-0.4, -0.2) is 25.0 Å². The van der Waals surface area contributed by atoms with Crippen molar-refractivity contribution in [2.24, 2.45) is 7.05 Å². The Labute approximate surface area is 171 Å². The number of rotatable bonds is 3. The average molecular weight is 402 g/mol. The molecule has 5 rings (SSSR count). The van der Waals surface area contributed by atoms with Crippen molar-refractivity contribution in [2.75, 3.05) is 5.32 Å². The van der Waals surface area contributed by atoms with Crippen molar-refractivity contribution in [2.45, 2.75) is 0 Å². The summed E-state index contributed by atoms with van der Waals surface area (Å²) >= 11 is 6.46. The first-order valence-electron chi connectivity index (χ1n) is 9.06. The third-order valence-electron chi connectivity index (χ3n) is 4.97. The van der Waals surface area contributed by atoms with Crippen LogP contribution in [0.25, 0.3) is 27.8 Å². The molecule has 0 saturated carbocycles. The molecule has 1 amide bonds. The van der Waals surface area contributed by atoms with Crippen LogP contribution in [0.15, 0.2) is 73.2 Å². The zero-order valence-electron chi connectivity index (χ0n) is 15.5. The van der Waals surface area contributed by atoms with Gasteiger partial charge in [-0.1, -0.05) is 41.9 Å². The Bertz CT molecular complexity index is 1330. The van der Waals surface area contributed by atoms with Crippen molar-refractivity contribution < 1.29 is 4.79 Å². The normalized spacial score (nSPS) is 11.2. The van der Waals surface area contributed by atoms with Crippen LogP contribution >= 0.6 is 11.6 Å². The molecule has 1 N–H and O–H groups in total. The number of halogens is 1. The maximum atomic E-state index is 12.9. The summed E-state index contributed by atoms with van der Waals surface area (Å²) in [5.74, 6) is 0.440. The van der Waals surface area contributed by atoms with Crippen LogP contribution in [0.4, 0.5) is 5.69 Å². The van der Waals surface area contributed by atoms with E-state index in [1.165, 1.54) is 0 Å². The Morgan fingerprint density at radius 2 is 1.72 bits per heavy atom. The molecule has 7 heteroatoms. The lowest BCUT2D eigenvalue weighted by molar-refractivity contribution is 0.102. The quantitative estimate of drug-likeness (QED) is 0.471. The SMILES string of the molecule is Cn1c(C(=O)Nc2ccc(-n3cnc4ccccc43)nc2)c(Cl)c2ccccc21. The molecular formula is C22H16ClN5O. The maximum absolute atomic E-state index is 12.9. The average Bonchev–Trinajstić information content (AvgIpc) is 3.28. The van der Waals surface area contributed by atoms with Gasteiger partial charge >= 0.3 is 0 Å². The molecule has 3 aromatic heterocycles. The van der Waals surface area contributed by atoms with Crippen molar-refractivity contribution in [3.8, 4) is 5.82 Å². The molecule has 0 aliphatic carbocycles. The van der Waals surface area contributed by atoms with Gasteiger partial charge in [0.15, 0.2) is 0 Å². The molecule has 0 aliphatic rings. The fourth-order valence-electron chi connectivity index (χ4n) is 3.53. The highest BCUT2D eigenvalue weighted by molar-refractivity contribution is 6.39. The summed E-state index contributed by atoms with van der Waals surface area (Å²) in [7, 11) is 1.83. The van der Waals surface area contributed by atoms with Crippen molar-refractivity contribution in [1.29, 1.82) is 0 Å². The lowest BCUT2D eigenvalue weighted by Gasteiger charge is -2.08. The fourth-order valence-corrected chi connectivity index (χ4v) is 3.91. The highest BCUT2D eigenvalue weighted by Gasteiger charge is 2.20. The minimum absolute atomic E-state index is 0.281. The number of aryl methyl sites for hydroxylation is 1. The van der Waals surface area contributed by atoms with Gasteiger partial charge in [0.25, 0.3) is 5.91 Å². The number of nitrogens with one attached hydrogen (secondary N) is 1. The van der Waals surface area contributed by atoms with Crippen LogP contribution < -0.4 is 5.32 Å². The van der Waals surface area contributed by atoms with Crippen molar-refractivity contribution >= 4 is 45.1 Å². The summed E-state index contributed by atoms with van der Waals surface area (Å²) in [6, 6.07) is 19.2. The molecular weight excluding hydrogens is 386 g/mol. The molecule has 0 aliphatic heterocycles. The van der Waals surface area contributed by atoms with Gasteiger partial charge in [-0.3, -0.25) is 9.36 Å². The molecule has 0 bridgehead atoms. The lowest BCUT2D eigenvalue weighted by atomic mass is 10.2. The van der Waals surface area contributed by atoms with Gasteiger partial charge in [-0.05, 0) is 30.3 Å². The Hall–Kier alpha value is -3.64. The van der Waals surface area contributed by atoms with Gasteiger partial charge in [-0.2, -0.15) is 0 Å². The largest absolute Gasteiger partial charge is 0.338 e. The molecule has 142 valence electrons. The molecule has 0 atom stereocenters. The van der Waals surface area contributed by atoms with E-state index in [-0.39, 0.29) is 5.91 Å². The van der Waals surface area contributed by atoms with E-state index in [1.54, 1.807) is 17.1 Å². The zero-order valence-corrected chi connectivity index (χ0v) is 16.3. The Morgan fingerprint density at radius 1 is 0.966 bits per heavy atom. The van der Waals surface area contributed by atoms with E-state index in [2.05, 4.69) is 15.3 Å². The highest BCUT2D eigenvalue weighted by atomic mass is 35.5. The summed E-state index contributed by atoms with van der Waals surface area (Å²) in [5.41, 5.74) is 3.78. The number of amides is 1. The summed E-state index contributed by atoms with van der Waals surface area (Å²) in [5, 5.41) is 4.17. The van der Waals surface area contributed by atoms with E-state index in [9.17, 15) is 4.79 Å². The predicted octanol–water partition coefficient (Wildman–Crippen LogP) is 4.82. The summed E-state index contributed by atoms with van der Waals surface area (Å²) in [6.07, 6.45) is 3.36. The number of anilines is 1. The van der Waals surface area contributed by atoms with Crippen LogP contribution in [0, 0.1) is 0 Å². The Morgan fingerprint density at radius 3 is 2.48 bits per heavy atom. The van der Waals surface area contributed by atoms with Gasteiger partial charge in [0.2, 0.25) is 0 Å². The van der Waals surface area contributed by atoms with E-state index >= 15 is 0 Å². The number of para-hydroxylation sites is 3. The van der Waals surface area contributed by atoms with Gasteiger partial charge in [0.05, 0.1) is 27.9 Å². The summed E-state index contributed by atoms with van der Waals surface area (Å²) in [6.45, 7) is 0. The third-order valence-corrected chi connectivity index (χ3v) is 5.35. The molecule has 0 spiro atoms. The minimum Gasteiger partial charge on any atom is -0.338 e.